The first-order valence-corrected chi connectivity index (χ1v) is 6.29. The van der Waals surface area contributed by atoms with Crippen LogP contribution >= 0.6 is 0 Å². The van der Waals surface area contributed by atoms with E-state index in [0.717, 1.165) is 31.6 Å². The number of rotatable bonds is 4. The lowest BCUT2D eigenvalue weighted by Crippen LogP contribution is -2.42. The van der Waals surface area contributed by atoms with E-state index in [2.05, 4.69) is 9.80 Å². The predicted octanol–water partition coefficient (Wildman–Crippen LogP) is 1.23. The van der Waals surface area contributed by atoms with Gasteiger partial charge in [-0.05, 0) is 31.6 Å². The molecule has 0 saturated heterocycles. The Labute approximate surface area is 108 Å². The molecular weight excluding hydrogens is 228 g/mol. The van der Waals surface area contributed by atoms with Gasteiger partial charge < -0.3 is 10.0 Å². The molecule has 0 amide bonds. The van der Waals surface area contributed by atoms with Gasteiger partial charge >= 0.3 is 5.97 Å². The van der Waals surface area contributed by atoms with Gasteiger partial charge in [0.2, 0.25) is 0 Å². The van der Waals surface area contributed by atoms with Crippen molar-refractivity contribution in [3.63, 3.8) is 0 Å². The van der Waals surface area contributed by atoms with Crippen LogP contribution in [0.1, 0.15) is 17.2 Å². The zero-order valence-corrected chi connectivity index (χ0v) is 11.0. The fraction of sp³-hybridized carbons (Fsp3) is 0.500. The highest BCUT2D eigenvalue weighted by Gasteiger charge is 2.32. The first kappa shape index (κ1) is 13.1. The lowest BCUT2D eigenvalue weighted by molar-refractivity contribution is -0.144. The molecule has 18 heavy (non-hydrogen) atoms. The Kier molecular flexibility index (Phi) is 3.99. The highest BCUT2D eigenvalue weighted by atomic mass is 16.4. The van der Waals surface area contributed by atoms with Crippen molar-refractivity contribution in [3.05, 3.63) is 35.4 Å². The Morgan fingerprint density at radius 2 is 2.17 bits per heavy atom. The second-order valence-corrected chi connectivity index (χ2v) is 5.03. The molecule has 1 aromatic carbocycles. The van der Waals surface area contributed by atoms with Gasteiger partial charge in [0.15, 0.2) is 0 Å². The van der Waals surface area contributed by atoms with Crippen LogP contribution in [0.2, 0.25) is 0 Å². The molecule has 98 valence electrons. The van der Waals surface area contributed by atoms with Crippen LogP contribution in [0.15, 0.2) is 24.3 Å². The van der Waals surface area contributed by atoms with Gasteiger partial charge in [-0.1, -0.05) is 24.3 Å². The normalized spacial score (nSPS) is 19.8. The van der Waals surface area contributed by atoms with Crippen LogP contribution in [0.4, 0.5) is 0 Å². The summed E-state index contributed by atoms with van der Waals surface area (Å²) in [6.45, 7) is 2.49. The third-order valence-corrected chi connectivity index (χ3v) is 3.45. The van der Waals surface area contributed by atoms with Crippen molar-refractivity contribution in [1.82, 2.24) is 9.80 Å². The summed E-state index contributed by atoms with van der Waals surface area (Å²) in [5.74, 6) is -0.749. The van der Waals surface area contributed by atoms with E-state index in [9.17, 15) is 9.90 Å². The standard InChI is InChI=1S/C14H20N2O2/c1-15(2)9-10-16-8-7-11-5-3-4-6-12(11)13(16)14(17)18/h3-6,13H,7-10H2,1-2H3,(H,17,18). The van der Waals surface area contributed by atoms with Crippen LogP contribution in [-0.4, -0.2) is 54.6 Å². The Hall–Kier alpha value is -1.39. The number of aliphatic carboxylic acids is 1. The summed E-state index contributed by atoms with van der Waals surface area (Å²) in [5, 5.41) is 9.47. The van der Waals surface area contributed by atoms with Gasteiger partial charge in [0.1, 0.15) is 6.04 Å². The number of benzene rings is 1. The summed E-state index contributed by atoms with van der Waals surface area (Å²) in [7, 11) is 4.02. The van der Waals surface area contributed by atoms with E-state index in [1.165, 1.54) is 5.56 Å². The molecule has 0 aliphatic carbocycles. The zero-order valence-electron chi connectivity index (χ0n) is 11.0. The zero-order chi connectivity index (χ0) is 13.1. The molecule has 1 atom stereocenters. The van der Waals surface area contributed by atoms with Crippen LogP contribution in [-0.2, 0) is 11.2 Å². The van der Waals surface area contributed by atoms with Crippen molar-refractivity contribution in [3.8, 4) is 0 Å². The number of nitrogens with zero attached hydrogens (tertiary/aromatic N) is 2. The van der Waals surface area contributed by atoms with Crippen LogP contribution in [0, 0.1) is 0 Å². The van der Waals surface area contributed by atoms with Crippen molar-refractivity contribution in [2.24, 2.45) is 0 Å². The van der Waals surface area contributed by atoms with Crippen molar-refractivity contribution in [2.75, 3.05) is 33.7 Å². The van der Waals surface area contributed by atoms with Crippen LogP contribution in [0.25, 0.3) is 0 Å². The molecule has 1 heterocycles. The molecule has 1 unspecified atom stereocenters. The fourth-order valence-electron chi connectivity index (χ4n) is 2.48. The average molecular weight is 248 g/mol. The molecule has 2 rings (SSSR count). The summed E-state index contributed by atoms with van der Waals surface area (Å²) >= 11 is 0. The highest BCUT2D eigenvalue weighted by Crippen LogP contribution is 2.29. The molecule has 0 radical (unpaired) electrons. The average Bonchev–Trinajstić information content (AvgIpc) is 2.35. The lowest BCUT2D eigenvalue weighted by Gasteiger charge is -2.35. The van der Waals surface area contributed by atoms with Crippen LogP contribution < -0.4 is 0 Å². The summed E-state index contributed by atoms with van der Waals surface area (Å²) in [4.78, 5) is 15.7. The minimum absolute atomic E-state index is 0.491. The predicted molar refractivity (Wildman–Crippen MR) is 70.6 cm³/mol. The molecule has 0 saturated carbocycles. The third kappa shape index (κ3) is 2.71. The maximum atomic E-state index is 11.5. The fourth-order valence-corrected chi connectivity index (χ4v) is 2.48. The topological polar surface area (TPSA) is 43.8 Å². The van der Waals surface area contributed by atoms with Gasteiger partial charge in [0.25, 0.3) is 0 Å². The molecule has 0 bridgehead atoms. The molecule has 4 nitrogen and oxygen atoms in total. The smallest absolute Gasteiger partial charge is 0.325 e. The van der Waals surface area contributed by atoms with Gasteiger partial charge in [0.05, 0.1) is 0 Å². The number of carbonyl (C=O) groups is 1. The molecule has 0 aromatic heterocycles. The second kappa shape index (κ2) is 5.50. The Balaban J connectivity index is 2.21. The largest absolute Gasteiger partial charge is 0.480 e. The molecule has 0 fully saturated rings. The van der Waals surface area contributed by atoms with E-state index >= 15 is 0 Å². The lowest BCUT2D eigenvalue weighted by atomic mass is 9.92. The monoisotopic (exact) mass is 248 g/mol. The SMILES string of the molecule is CN(C)CCN1CCc2ccccc2C1C(=O)O. The quantitative estimate of drug-likeness (QED) is 0.870. The van der Waals surface area contributed by atoms with E-state index < -0.39 is 12.0 Å². The summed E-state index contributed by atoms with van der Waals surface area (Å²) < 4.78 is 0. The van der Waals surface area contributed by atoms with E-state index in [-0.39, 0.29) is 0 Å². The van der Waals surface area contributed by atoms with Gasteiger partial charge in [0, 0.05) is 19.6 Å². The number of fused-ring (bicyclic) bond motifs is 1. The maximum Gasteiger partial charge on any atom is 0.325 e. The van der Waals surface area contributed by atoms with Gasteiger partial charge in [-0.2, -0.15) is 0 Å². The number of carboxylic acids is 1. The maximum absolute atomic E-state index is 11.5. The molecule has 0 spiro atoms. The number of likely N-dealkylation sites (N-methyl/N-ethyl adjacent to an activating group) is 1. The van der Waals surface area contributed by atoms with Gasteiger partial charge in [-0.3, -0.25) is 9.69 Å². The van der Waals surface area contributed by atoms with Crippen molar-refractivity contribution in [1.29, 1.82) is 0 Å². The summed E-state index contributed by atoms with van der Waals surface area (Å²) in [5.41, 5.74) is 2.13. The summed E-state index contributed by atoms with van der Waals surface area (Å²) in [6.07, 6.45) is 0.938. The number of carboxylic acid groups (broad SMARTS) is 1. The van der Waals surface area contributed by atoms with Crippen molar-refractivity contribution >= 4 is 5.97 Å². The van der Waals surface area contributed by atoms with Crippen molar-refractivity contribution in [2.45, 2.75) is 12.5 Å². The number of hydrogen-bond acceptors (Lipinski definition) is 3. The molecule has 1 aliphatic rings. The highest BCUT2D eigenvalue weighted by molar-refractivity contribution is 5.76. The molecular formula is C14H20N2O2. The molecule has 1 N–H and O–H groups in total. The van der Waals surface area contributed by atoms with Crippen LogP contribution in [0.3, 0.4) is 0 Å². The molecule has 1 aromatic rings. The van der Waals surface area contributed by atoms with E-state index in [4.69, 9.17) is 0 Å². The minimum Gasteiger partial charge on any atom is -0.480 e. The molecule has 1 aliphatic heterocycles. The molecule has 4 heteroatoms. The van der Waals surface area contributed by atoms with Crippen molar-refractivity contribution < 1.29 is 9.90 Å². The van der Waals surface area contributed by atoms with E-state index in [1.54, 1.807) is 0 Å². The Bertz CT molecular complexity index is 432. The second-order valence-electron chi connectivity index (χ2n) is 5.03. The third-order valence-electron chi connectivity index (χ3n) is 3.45. The van der Waals surface area contributed by atoms with Crippen LogP contribution in [0.5, 0.6) is 0 Å². The van der Waals surface area contributed by atoms with E-state index in [1.807, 2.05) is 38.4 Å². The van der Waals surface area contributed by atoms with Gasteiger partial charge in [-0.25, -0.2) is 0 Å². The first-order valence-electron chi connectivity index (χ1n) is 6.29. The minimum atomic E-state index is -0.749. The summed E-state index contributed by atoms with van der Waals surface area (Å²) in [6, 6.07) is 7.39. The van der Waals surface area contributed by atoms with E-state index in [0.29, 0.717) is 0 Å². The van der Waals surface area contributed by atoms with Gasteiger partial charge in [-0.15, -0.1) is 0 Å². The Morgan fingerprint density at radius 1 is 1.44 bits per heavy atom. The first-order chi connectivity index (χ1) is 8.59. The Morgan fingerprint density at radius 3 is 2.83 bits per heavy atom. The number of hydrogen-bond donors (Lipinski definition) is 1.